The fourth-order valence-electron chi connectivity index (χ4n) is 3.30. The summed E-state index contributed by atoms with van der Waals surface area (Å²) in [5, 5.41) is 2.83. The summed E-state index contributed by atoms with van der Waals surface area (Å²) >= 11 is 0. The van der Waals surface area contributed by atoms with E-state index in [2.05, 4.69) is 25.1 Å². The zero-order valence-electron chi connectivity index (χ0n) is 16.0. The monoisotopic (exact) mass is 391 g/mol. The first kappa shape index (κ1) is 18.9. The second-order valence-corrected chi connectivity index (χ2v) is 6.88. The molecule has 29 heavy (non-hydrogen) atoms. The molecule has 1 aliphatic heterocycles. The van der Waals surface area contributed by atoms with Crippen LogP contribution < -0.4 is 15.1 Å². The fourth-order valence-corrected chi connectivity index (χ4v) is 3.30. The molecule has 1 amide bonds. The van der Waals surface area contributed by atoms with Gasteiger partial charge in [-0.05, 0) is 42.0 Å². The van der Waals surface area contributed by atoms with Gasteiger partial charge in [-0.2, -0.15) is 0 Å². The molecule has 0 unspecified atom stereocenters. The number of nitrogens with one attached hydrogen (secondary N) is 1. The fraction of sp³-hybridized carbons (Fsp3) is 0.227. The van der Waals surface area contributed by atoms with Crippen molar-refractivity contribution in [1.82, 2.24) is 15.3 Å². The third kappa shape index (κ3) is 4.68. The van der Waals surface area contributed by atoms with Crippen molar-refractivity contribution in [2.75, 3.05) is 36.0 Å². The Morgan fingerprint density at radius 2 is 1.59 bits per heavy atom. The maximum atomic E-state index is 12.9. The Labute approximate surface area is 169 Å². The number of carbonyl (C=O) groups excluding carboxylic acids is 1. The minimum Gasteiger partial charge on any atom is -0.353 e. The number of amides is 1. The topological polar surface area (TPSA) is 61.4 Å². The predicted octanol–water partition coefficient (Wildman–Crippen LogP) is 2.87. The second kappa shape index (κ2) is 8.68. The smallest absolute Gasteiger partial charge is 0.253 e. The number of nitrogens with zero attached hydrogens (tertiary/aromatic N) is 4. The van der Waals surface area contributed by atoms with Crippen LogP contribution in [-0.2, 0) is 6.54 Å². The van der Waals surface area contributed by atoms with E-state index in [-0.39, 0.29) is 11.7 Å². The van der Waals surface area contributed by atoms with Gasteiger partial charge < -0.3 is 15.1 Å². The van der Waals surface area contributed by atoms with E-state index >= 15 is 0 Å². The first-order valence-electron chi connectivity index (χ1n) is 9.59. The van der Waals surface area contributed by atoms with Crippen LogP contribution in [0.25, 0.3) is 0 Å². The zero-order valence-corrected chi connectivity index (χ0v) is 16.0. The SMILES string of the molecule is O=C(NCc1ccc(F)cc1)c1ccc(N2CCN(c3ccccn3)CC2)nc1. The van der Waals surface area contributed by atoms with Crippen molar-refractivity contribution in [3.63, 3.8) is 0 Å². The van der Waals surface area contributed by atoms with Crippen LogP contribution >= 0.6 is 0 Å². The summed E-state index contributed by atoms with van der Waals surface area (Å²) < 4.78 is 12.9. The number of pyridine rings is 2. The molecule has 3 heterocycles. The van der Waals surface area contributed by atoms with Crippen LogP contribution in [-0.4, -0.2) is 42.1 Å². The van der Waals surface area contributed by atoms with E-state index in [1.807, 2.05) is 30.5 Å². The maximum Gasteiger partial charge on any atom is 0.253 e. The number of carbonyl (C=O) groups is 1. The summed E-state index contributed by atoms with van der Waals surface area (Å²) in [6.45, 7) is 3.78. The minimum absolute atomic E-state index is 0.201. The van der Waals surface area contributed by atoms with Gasteiger partial charge in [0.05, 0.1) is 5.56 Å². The van der Waals surface area contributed by atoms with Gasteiger partial charge in [-0.1, -0.05) is 18.2 Å². The summed E-state index contributed by atoms with van der Waals surface area (Å²) in [6.07, 6.45) is 3.41. The standard InChI is InChI=1S/C22H22FN5O/c23-19-7-4-17(5-8-19)15-26-22(29)18-6-9-21(25-16-18)28-13-11-27(12-14-28)20-3-1-2-10-24-20/h1-10,16H,11-15H2,(H,26,29). The predicted molar refractivity (Wildman–Crippen MR) is 110 cm³/mol. The Morgan fingerprint density at radius 3 is 2.17 bits per heavy atom. The lowest BCUT2D eigenvalue weighted by Crippen LogP contribution is -2.47. The molecule has 0 saturated carbocycles. The molecular weight excluding hydrogens is 369 g/mol. The van der Waals surface area contributed by atoms with Gasteiger partial charge in [0.1, 0.15) is 17.5 Å². The summed E-state index contributed by atoms with van der Waals surface area (Å²) in [6, 6.07) is 15.7. The summed E-state index contributed by atoms with van der Waals surface area (Å²) in [5.41, 5.74) is 1.35. The van der Waals surface area contributed by atoms with Crippen LogP contribution in [0, 0.1) is 5.82 Å². The van der Waals surface area contributed by atoms with E-state index in [4.69, 9.17) is 0 Å². The van der Waals surface area contributed by atoms with Crippen LogP contribution in [0.2, 0.25) is 0 Å². The molecular formula is C22H22FN5O. The highest BCUT2D eigenvalue weighted by Gasteiger charge is 2.19. The molecule has 6 nitrogen and oxygen atoms in total. The number of piperazine rings is 1. The number of halogens is 1. The maximum absolute atomic E-state index is 12.9. The van der Waals surface area contributed by atoms with Crippen LogP contribution in [0.15, 0.2) is 67.0 Å². The van der Waals surface area contributed by atoms with Gasteiger partial charge >= 0.3 is 0 Å². The molecule has 0 spiro atoms. The highest BCUT2D eigenvalue weighted by molar-refractivity contribution is 5.94. The van der Waals surface area contributed by atoms with E-state index < -0.39 is 0 Å². The van der Waals surface area contributed by atoms with E-state index in [1.165, 1.54) is 12.1 Å². The average Bonchev–Trinajstić information content (AvgIpc) is 2.79. The molecule has 3 aromatic rings. The number of hydrogen-bond donors (Lipinski definition) is 1. The molecule has 1 aliphatic rings. The Balaban J connectivity index is 1.31. The van der Waals surface area contributed by atoms with Gasteiger partial charge in [0, 0.05) is 45.1 Å². The van der Waals surface area contributed by atoms with Gasteiger partial charge in [0.2, 0.25) is 0 Å². The molecule has 1 saturated heterocycles. The van der Waals surface area contributed by atoms with Crippen LogP contribution in [0.5, 0.6) is 0 Å². The molecule has 0 bridgehead atoms. The second-order valence-electron chi connectivity index (χ2n) is 6.88. The summed E-state index contributed by atoms with van der Waals surface area (Å²) in [5.74, 6) is 1.36. The Kier molecular flexibility index (Phi) is 5.65. The van der Waals surface area contributed by atoms with Gasteiger partial charge in [0.15, 0.2) is 0 Å². The van der Waals surface area contributed by atoms with E-state index in [1.54, 1.807) is 24.4 Å². The van der Waals surface area contributed by atoms with Crippen molar-refractivity contribution in [2.24, 2.45) is 0 Å². The minimum atomic E-state index is -0.291. The number of hydrogen-bond acceptors (Lipinski definition) is 5. The molecule has 1 aromatic carbocycles. The third-order valence-electron chi connectivity index (χ3n) is 4.95. The lowest BCUT2D eigenvalue weighted by Gasteiger charge is -2.36. The molecule has 148 valence electrons. The van der Waals surface area contributed by atoms with Crippen molar-refractivity contribution in [3.8, 4) is 0 Å². The van der Waals surface area contributed by atoms with E-state index in [0.29, 0.717) is 12.1 Å². The van der Waals surface area contributed by atoms with Gasteiger partial charge in [-0.15, -0.1) is 0 Å². The molecule has 2 aromatic heterocycles. The molecule has 4 rings (SSSR count). The summed E-state index contributed by atoms with van der Waals surface area (Å²) in [4.78, 5) is 25.7. The van der Waals surface area contributed by atoms with Crippen LogP contribution in [0.1, 0.15) is 15.9 Å². The Bertz CT molecular complexity index is 939. The number of anilines is 2. The molecule has 7 heteroatoms. The number of benzene rings is 1. The van der Waals surface area contributed by atoms with E-state index in [9.17, 15) is 9.18 Å². The average molecular weight is 391 g/mol. The van der Waals surface area contributed by atoms with Gasteiger partial charge in [-0.3, -0.25) is 4.79 Å². The number of rotatable bonds is 5. The first-order chi connectivity index (χ1) is 14.2. The lowest BCUT2D eigenvalue weighted by atomic mass is 10.2. The van der Waals surface area contributed by atoms with Crippen LogP contribution in [0.3, 0.4) is 0 Å². The molecule has 0 aliphatic carbocycles. The Hall–Kier alpha value is -3.48. The highest BCUT2D eigenvalue weighted by atomic mass is 19.1. The summed E-state index contributed by atoms with van der Waals surface area (Å²) in [7, 11) is 0. The molecule has 1 fully saturated rings. The normalized spacial score (nSPS) is 14.0. The lowest BCUT2D eigenvalue weighted by molar-refractivity contribution is 0.0950. The molecule has 1 N–H and O–H groups in total. The Morgan fingerprint density at radius 1 is 0.897 bits per heavy atom. The van der Waals surface area contributed by atoms with Crippen LogP contribution in [0.4, 0.5) is 16.0 Å². The zero-order chi connectivity index (χ0) is 20.1. The van der Waals surface area contributed by atoms with Crippen molar-refractivity contribution in [1.29, 1.82) is 0 Å². The van der Waals surface area contributed by atoms with Crippen molar-refractivity contribution < 1.29 is 9.18 Å². The molecule has 0 atom stereocenters. The highest BCUT2D eigenvalue weighted by Crippen LogP contribution is 2.17. The number of aromatic nitrogens is 2. The van der Waals surface area contributed by atoms with E-state index in [0.717, 1.165) is 43.4 Å². The third-order valence-corrected chi connectivity index (χ3v) is 4.95. The van der Waals surface area contributed by atoms with Crippen molar-refractivity contribution >= 4 is 17.5 Å². The quantitative estimate of drug-likeness (QED) is 0.725. The largest absolute Gasteiger partial charge is 0.353 e. The van der Waals surface area contributed by atoms with Gasteiger partial charge in [-0.25, -0.2) is 14.4 Å². The van der Waals surface area contributed by atoms with Crippen molar-refractivity contribution in [2.45, 2.75) is 6.54 Å². The first-order valence-corrected chi connectivity index (χ1v) is 9.59. The van der Waals surface area contributed by atoms with Gasteiger partial charge in [0.25, 0.3) is 5.91 Å². The van der Waals surface area contributed by atoms with Crippen molar-refractivity contribution in [3.05, 3.63) is 83.9 Å². The molecule has 0 radical (unpaired) electrons.